The highest BCUT2D eigenvalue weighted by molar-refractivity contribution is 5.28. The van der Waals surface area contributed by atoms with Gasteiger partial charge >= 0.3 is 0 Å². The minimum absolute atomic E-state index is 0.312. The van der Waals surface area contributed by atoms with Gasteiger partial charge in [0.1, 0.15) is 6.61 Å². The van der Waals surface area contributed by atoms with Gasteiger partial charge in [0, 0.05) is 5.57 Å². The highest BCUT2D eigenvalue weighted by atomic mass is 19.3. The summed E-state index contributed by atoms with van der Waals surface area (Å²) in [6, 6.07) is 0. The van der Waals surface area contributed by atoms with E-state index < -0.39 is 24.0 Å². The molecular formula is C7H6F4O. The number of ether oxygens (including phenoxy) is 1. The van der Waals surface area contributed by atoms with Crippen molar-refractivity contribution in [2.24, 2.45) is 0 Å². The van der Waals surface area contributed by atoms with Gasteiger partial charge in [0.25, 0.3) is 12.9 Å². The van der Waals surface area contributed by atoms with Gasteiger partial charge in [-0.15, -0.1) is 0 Å². The Labute approximate surface area is 66.3 Å². The van der Waals surface area contributed by atoms with Crippen LogP contribution in [0.2, 0.25) is 0 Å². The predicted molar refractivity (Wildman–Crippen MR) is 34.1 cm³/mol. The maximum atomic E-state index is 11.9. The second kappa shape index (κ2) is 3.60. The number of alkyl halides is 4. The average molecular weight is 182 g/mol. The van der Waals surface area contributed by atoms with Crippen LogP contribution in [0.4, 0.5) is 17.6 Å². The first-order chi connectivity index (χ1) is 5.61. The summed E-state index contributed by atoms with van der Waals surface area (Å²) < 4.78 is 52.1. The Balaban J connectivity index is 2.74. The predicted octanol–water partition coefficient (Wildman–Crippen LogP) is 2.36. The fourth-order valence-electron chi connectivity index (χ4n) is 0.764. The van der Waals surface area contributed by atoms with Crippen molar-refractivity contribution in [1.82, 2.24) is 0 Å². The standard InChI is InChI=1S/C7H6F4O/c8-6(9)4-1-5(7(10)11)3-12-2-4/h1-2,6-7H,3H2. The van der Waals surface area contributed by atoms with Gasteiger partial charge in [-0.05, 0) is 6.08 Å². The van der Waals surface area contributed by atoms with E-state index in [0.29, 0.717) is 0 Å². The molecule has 0 aliphatic carbocycles. The van der Waals surface area contributed by atoms with E-state index in [2.05, 4.69) is 4.74 Å². The van der Waals surface area contributed by atoms with Gasteiger partial charge in [0.2, 0.25) is 0 Å². The van der Waals surface area contributed by atoms with Crippen LogP contribution in [0, 0.1) is 0 Å². The Morgan fingerprint density at radius 1 is 1.17 bits per heavy atom. The molecule has 0 fully saturated rings. The van der Waals surface area contributed by atoms with E-state index in [-0.39, 0.29) is 6.61 Å². The van der Waals surface area contributed by atoms with Crippen molar-refractivity contribution in [3.05, 3.63) is 23.5 Å². The molecule has 1 nitrogen and oxygen atoms in total. The lowest BCUT2D eigenvalue weighted by Gasteiger charge is -2.13. The third-order valence-corrected chi connectivity index (χ3v) is 1.35. The maximum absolute atomic E-state index is 11.9. The Bertz CT molecular complexity index is 219. The smallest absolute Gasteiger partial charge is 0.266 e. The van der Waals surface area contributed by atoms with Crippen LogP contribution in [0.5, 0.6) is 0 Å². The summed E-state index contributed by atoms with van der Waals surface area (Å²) >= 11 is 0. The zero-order valence-corrected chi connectivity index (χ0v) is 5.94. The van der Waals surface area contributed by atoms with Crippen molar-refractivity contribution in [3.8, 4) is 0 Å². The Morgan fingerprint density at radius 2 is 1.83 bits per heavy atom. The van der Waals surface area contributed by atoms with Gasteiger partial charge in [-0.1, -0.05) is 0 Å². The van der Waals surface area contributed by atoms with Gasteiger partial charge in [0.05, 0.1) is 11.8 Å². The van der Waals surface area contributed by atoms with Crippen molar-refractivity contribution >= 4 is 0 Å². The van der Waals surface area contributed by atoms with Crippen LogP contribution in [-0.2, 0) is 4.74 Å². The van der Waals surface area contributed by atoms with Crippen molar-refractivity contribution in [2.45, 2.75) is 12.9 Å². The second-order valence-corrected chi connectivity index (χ2v) is 2.25. The normalized spacial score (nSPS) is 17.5. The molecule has 0 saturated heterocycles. The Hall–Kier alpha value is -1.00. The maximum Gasteiger partial charge on any atom is 0.266 e. The Morgan fingerprint density at radius 3 is 2.33 bits per heavy atom. The summed E-state index contributed by atoms with van der Waals surface area (Å²) in [6.45, 7) is -0.312. The number of halogens is 4. The van der Waals surface area contributed by atoms with Crippen molar-refractivity contribution in [2.75, 3.05) is 6.61 Å². The minimum atomic E-state index is -2.76. The molecule has 1 rings (SSSR count). The zero-order valence-electron chi connectivity index (χ0n) is 5.94. The first-order valence-corrected chi connectivity index (χ1v) is 3.19. The molecule has 0 radical (unpaired) electrons. The first-order valence-electron chi connectivity index (χ1n) is 3.19. The molecule has 0 amide bonds. The minimum Gasteiger partial charge on any atom is -0.496 e. The molecule has 0 bridgehead atoms. The van der Waals surface area contributed by atoms with E-state index in [1.165, 1.54) is 0 Å². The summed E-state index contributed by atoms with van der Waals surface area (Å²) in [7, 11) is 0. The summed E-state index contributed by atoms with van der Waals surface area (Å²) in [4.78, 5) is 0. The van der Waals surface area contributed by atoms with Gasteiger partial charge in [-0.2, -0.15) is 0 Å². The fraction of sp³-hybridized carbons (Fsp3) is 0.429. The number of rotatable bonds is 2. The largest absolute Gasteiger partial charge is 0.496 e. The molecular weight excluding hydrogens is 176 g/mol. The SMILES string of the molecule is FC(F)C1=COCC(C(F)F)=C1. The summed E-state index contributed by atoms with van der Waals surface area (Å²) in [5, 5.41) is 0. The third kappa shape index (κ3) is 1.99. The molecule has 5 heteroatoms. The zero-order chi connectivity index (χ0) is 9.14. The van der Waals surface area contributed by atoms with E-state index in [1.54, 1.807) is 0 Å². The molecule has 12 heavy (non-hydrogen) atoms. The van der Waals surface area contributed by atoms with Crippen LogP contribution in [0.15, 0.2) is 23.5 Å². The van der Waals surface area contributed by atoms with Crippen LogP contribution in [-0.4, -0.2) is 19.5 Å². The molecule has 1 aliphatic rings. The second-order valence-electron chi connectivity index (χ2n) is 2.25. The fourth-order valence-corrected chi connectivity index (χ4v) is 0.764. The Kier molecular flexibility index (Phi) is 2.73. The molecule has 68 valence electrons. The molecule has 0 saturated carbocycles. The third-order valence-electron chi connectivity index (χ3n) is 1.35. The summed E-state index contributed by atoms with van der Waals surface area (Å²) in [5.41, 5.74) is -0.913. The molecule has 0 N–H and O–H groups in total. The summed E-state index contributed by atoms with van der Waals surface area (Å²) in [5.74, 6) is 0. The number of hydrogen-bond donors (Lipinski definition) is 0. The highest BCUT2D eigenvalue weighted by Gasteiger charge is 2.19. The lowest BCUT2D eigenvalue weighted by Crippen LogP contribution is -2.11. The average Bonchev–Trinajstić information content (AvgIpc) is 2.04. The van der Waals surface area contributed by atoms with E-state index in [0.717, 1.165) is 12.3 Å². The molecule has 1 heterocycles. The lowest BCUT2D eigenvalue weighted by atomic mass is 10.1. The van der Waals surface area contributed by atoms with Crippen LogP contribution in [0.1, 0.15) is 0 Å². The van der Waals surface area contributed by atoms with E-state index in [4.69, 9.17) is 0 Å². The molecule has 0 spiro atoms. The molecule has 0 aromatic heterocycles. The monoisotopic (exact) mass is 182 g/mol. The molecule has 0 aromatic rings. The quantitative estimate of drug-likeness (QED) is 0.595. The molecule has 0 aromatic carbocycles. The number of allylic oxidation sites excluding steroid dienone is 2. The number of hydrogen-bond acceptors (Lipinski definition) is 1. The van der Waals surface area contributed by atoms with Gasteiger partial charge in [-0.3, -0.25) is 0 Å². The van der Waals surface area contributed by atoms with Gasteiger partial charge < -0.3 is 4.74 Å². The molecule has 1 aliphatic heterocycles. The van der Waals surface area contributed by atoms with Crippen molar-refractivity contribution < 1.29 is 22.3 Å². The lowest BCUT2D eigenvalue weighted by molar-refractivity contribution is 0.145. The van der Waals surface area contributed by atoms with E-state index >= 15 is 0 Å². The molecule has 0 atom stereocenters. The topological polar surface area (TPSA) is 9.23 Å². The van der Waals surface area contributed by atoms with Gasteiger partial charge in [0.15, 0.2) is 0 Å². The van der Waals surface area contributed by atoms with Crippen molar-refractivity contribution in [1.29, 1.82) is 0 Å². The van der Waals surface area contributed by atoms with Crippen LogP contribution >= 0.6 is 0 Å². The van der Waals surface area contributed by atoms with Crippen LogP contribution in [0.3, 0.4) is 0 Å². The van der Waals surface area contributed by atoms with E-state index in [1.807, 2.05) is 0 Å². The van der Waals surface area contributed by atoms with Gasteiger partial charge in [-0.25, -0.2) is 17.6 Å². The highest BCUT2D eigenvalue weighted by Crippen LogP contribution is 2.20. The van der Waals surface area contributed by atoms with Crippen LogP contribution < -0.4 is 0 Å². The van der Waals surface area contributed by atoms with Crippen LogP contribution in [0.25, 0.3) is 0 Å². The van der Waals surface area contributed by atoms with Crippen molar-refractivity contribution in [3.63, 3.8) is 0 Å². The molecule has 0 unspecified atom stereocenters. The summed E-state index contributed by atoms with van der Waals surface area (Å²) in [6.07, 6.45) is -3.92. The first kappa shape index (κ1) is 9.09. The van der Waals surface area contributed by atoms with E-state index in [9.17, 15) is 17.6 Å².